The lowest BCUT2D eigenvalue weighted by Crippen LogP contribution is -2.13. The fourth-order valence-corrected chi connectivity index (χ4v) is 2.50. The van der Waals surface area contributed by atoms with Gasteiger partial charge in [-0.25, -0.2) is 0 Å². The Bertz CT molecular complexity index is 557. The lowest BCUT2D eigenvalue weighted by atomic mass is 10.1. The summed E-state index contributed by atoms with van der Waals surface area (Å²) in [7, 11) is 0. The Morgan fingerprint density at radius 3 is 2.59 bits per heavy atom. The topological polar surface area (TPSA) is 3.24 Å². The summed E-state index contributed by atoms with van der Waals surface area (Å²) in [4.78, 5) is 2.42. The standard InChI is InChI=1S/C16H17N/c1-12-7-8-15(11-13(12)2)17-10-9-14-5-3-4-6-16(14)17/h3-8,11H,9-10H2,1-2H3. The van der Waals surface area contributed by atoms with Crippen LogP contribution in [0.4, 0.5) is 11.4 Å². The van der Waals surface area contributed by atoms with Gasteiger partial charge < -0.3 is 4.90 Å². The molecule has 0 fully saturated rings. The number of para-hydroxylation sites is 1. The van der Waals surface area contributed by atoms with Gasteiger partial charge in [-0.15, -0.1) is 0 Å². The minimum absolute atomic E-state index is 1.10. The van der Waals surface area contributed by atoms with Gasteiger partial charge in [-0.1, -0.05) is 24.3 Å². The molecule has 1 heterocycles. The van der Waals surface area contributed by atoms with E-state index < -0.39 is 0 Å². The summed E-state index contributed by atoms with van der Waals surface area (Å²) in [6.45, 7) is 5.44. The van der Waals surface area contributed by atoms with E-state index in [2.05, 4.69) is 61.2 Å². The smallest absolute Gasteiger partial charge is 0.0444 e. The van der Waals surface area contributed by atoms with Gasteiger partial charge in [0.25, 0.3) is 0 Å². The van der Waals surface area contributed by atoms with Crippen LogP contribution in [0.2, 0.25) is 0 Å². The Balaban J connectivity index is 2.04. The molecule has 0 aliphatic carbocycles. The first-order valence-corrected chi connectivity index (χ1v) is 6.18. The summed E-state index contributed by atoms with van der Waals surface area (Å²) < 4.78 is 0. The van der Waals surface area contributed by atoms with Gasteiger partial charge in [0.2, 0.25) is 0 Å². The van der Waals surface area contributed by atoms with Crippen LogP contribution < -0.4 is 4.90 Å². The van der Waals surface area contributed by atoms with Gasteiger partial charge in [-0.05, 0) is 55.2 Å². The van der Waals surface area contributed by atoms with Crippen LogP contribution in [0, 0.1) is 13.8 Å². The zero-order chi connectivity index (χ0) is 11.8. The van der Waals surface area contributed by atoms with Crippen molar-refractivity contribution in [2.45, 2.75) is 20.3 Å². The zero-order valence-electron chi connectivity index (χ0n) is 10.4. The van der Waals surface area contributed by atoms with E-state index in [-0.39, 0.29) is 0 Å². The quantitative estimate of drug-likeness (QED) is 0.706. The summed E-state index contributed by atoms with van der Waals surface area (Å²) in [6, 6.07) is 15.4. The van der Waals surface area contributed by atoms with Crippen molar-refractivity contribution >= 4 is 11.4 Å². The predicted octanol–water partition coefficient (Wildman–Crippen LogP) is 4.00. The van der Waals surface area contributed by atoms with Crippen molar-refractivity contribution in [3.8, 4) is 0 Å². The molecule has 0 saturated heterocycles. The van der Waals surface area contributed by atoms with E-state index in [4.69, 9.17) is 0 Å². The number of hydrogen-bond acceptors (Lipinski definition) is 1. The first-order chi connectivity index (χ1) is 8.25. The second kappa shape index (κ2) is 3.92. The minimum Gasteiger partial charge on any atom is -0.341 e. The van der Waals surface area contributed by atoms with Crippen LogP contribution in [0.3, 0.4) is 0 Å². The molecule has 1 aliphatic heterocycles. The predicted molar refractivity (Wildman–Crippen MR) is 73.1 cm³/mol. The van der Waals surface area contributed by atoms with E-state index in [9.17, 15) is 0 Å². The van der Waals surface area contributed by atoms with Gasteiger partial charge in [-0.2, -0.15) is 0 Å². The van der Waals surface area contributed by atoms with E-state index in [1.807, 2.05) is 0 Å². The van der Waals surface area contributed by atoms with E-state index in [0.29, 0.717) is 0 Å². The molecule has 0 aromatic heterocycles. The molecule has 0 atom stereocenters. The van der Waals surface area contributed by atoms with E-state index in [1.54, 1.807) is 0 Å². The molecule has 0 radical (unpaired) electrons. The Kier molecular flexibility index (Phi) is 2.40. The highest BCUT2D eigenvalue weighted by Gasteiger charge is 2.19. The summed E-state index contributed by atoms with van der Waals surface area (Å²) in [5.41, 5.74) is 6.88. The molecule has 1 heteroatoms. The molecule has 0 amide bonds. The third-order valence-corrected chi connectivity index (χ3v) is 3.69. The van der Waals surface area contributed by atoms with E-state index in [0.717, 1.165) is 13.0 Å². The number of anilines is 2. The van der Waals surface area contributed by atoms with Crippen molar-refractivity contribution in [3.05, 3.63) is 59.2 Å². The first-order valence-electron chi connectivity index (χ1n) is 6.18. The lowest BCUT2D eigenvalue weighted by molar-refractivity contribution is 0.996. The molecule has 3 rings (SSSR count). The van der Waals surface area contributed by atoms with Crippen LogP contribution in [0.25, 0.3) is 0 Å². The largest absolute Gasteiger partial charge is 0.341 e. The molecular weight excluding hydrogens is 206 g/mol. The molecule has 0 unspecified atom stereocenters. The molecule has 0 saturated carbocycles. The van der Waals surface area contributed by atoms with Gasteiger partial charge in [0.15, 0.2) is 0 Å². The highest BCUT2D eigenvalue weighted by Crippen LogP contribution is 2.34. The number of nitrogens with zero attached hydrogens (tertiary/aromatic N) is 1. The van der Waals surface area contributed by atoms with Gasteiger partial charge in [-0.3, -0.25) is 0 Å². The third-order valence-electron chi connectivity index (χ3n) is 3.69. The summed E-state index contributed by atoms with van der Waals surface area (Å²) >= 11 is 0. The van der Waals surface area contributed by atoms with Crippen LogP contribution in [0.5, 0.6) is 0 Å². The molecule has 1 aliphatic rings. The van der Waals surface area contributed by atoms with Crippen molar-refractivity contribution in [3.63, 3.8) is 0 Å². The second-order valence-electron chi connectivity index (χ2n) is 4.80. The molecule has 0 spiro atoms. The van der Waals surface area contributed by atoms with Gasteiger partial charge in [0.1, 0.15) is 0 Å². The summed E-state index contributed by atoms with van der Waals surface area (Å²) in [6.07, 6.45) is 1.16. The number of fused-ring (bicyclic) bond motifs is 1. The van der Waals surface area contributed by atoms with Crippen molar-refractivity contribution in [2.24, 2.45) is 0 Å². The van der Waals surface area contributed by atoms with E-state index in [1.165, 1.54) is 28.1 Å². The van der Waals surface area contributed by atoms with E-state index >= 15 is 0 Å². The fraction of sp³-hybridized carbons (Fsp3) is 0.250. The van der Waals surface area contributed by atoms with Crippen LogP contribution in [-0.2, 0) is 6.42 Å². The summed E-state index contributed by atoms with van der Waals surface area (Å²) in [5.74, 6) is 0. The molecule has 2 aromatic carbocycles. The minimum atomic E-state index is 1.10. The van der Waals surface area contributed by atoms with Crippen molar-refractivity contribution in [2.75, 3.05) is 11.4 Å². The monoisotopic (exact) mass is 223 g/mol. The van der Waals surface area contributed by atoms with Gasteiger partial charge in [0, 0.05) is 17.9 Å². The Hall–Kier alpha value is -1.76. The maximum Gasteiger partial charge on any atom is 0.0444 e. The molecule has 0 N–H and O–H groups in total. The third kappa shape index (κ3) is 1.72. The van der Waals surface area contributed by atoms with Crippen LogP contribution in [0.1, 0.15) is 16.7 Å². The van der Waals surface area contributed by atoms with Gasteiger partial charge >= 0.3 is 0 Å². The highest BCUT2D eigenvalue weighted by molar-refractivity contribution is 5.70. The van der Waals surface area contributed by atoms with Crippen LogP contribution in [0.15, 0.2) is 42.5 Å². The van der Waals surface area contributed by atoms with Gasteiger partial charge in [0.05, 0.1) is 0 Å². The maximum absolute atomic E-state index is 2.42. The van der Waals surface area contributed by atoms with Crippen LogP contribution >= 0.6 is 0 Å². The number of rotatable bonds is 1. The Morgan fingerprint density at radius 1 is 0.941 bits per heavy atom. The maximum atomic E-state index is 2.42. The second-order valence-corrected chi connectivity index (χ2v) is 4.80. The molecular formula is C16H17N. The lowest BCUT2D eigenvalue weighted by Gasteiger charge is -2.20. The fourth-order valence-electron chi connectivity index (χ4n) is 2.50. The van der Waals surface area contributed by atoms with Crippen LogP contribution in [-0.4, -0.2) is 6.54 Å². The summed E-state index contributed by atoms with van der Waals surface area (Å²) in [5, 5.41) is 0. The first kappa shape index (κ1) is 10.4. The number of hydrogen-bond donors (Lipinski definition) is 0. The van der Waals surface area contributed by atoms with Crippen molar-refractivity contribution in [1.29, 1.82) is 0 Å². The Morgan fingerprint density at radius 2 is 1.76 bits per heavy atom. The number of benzene rings is 2. The highest BCUT2D eigenvalue weighted by atomic mass is 15.2. The normalized spacial score (nSPS) is 13.9. The average Bonchev–Trinajstić information content (AvgIpc) is 2.76. The molecule has 1 nitrogen and oxygen atoms in total. The zero-order valence-corrected chi connectivity index (χ0v) is 10.4. The molecule has 86 valence electrons. The molecule has 2 aromatic rings. The number of aryl methyl sites for hydroxylation is 2. The van der Waals surface area contributed by atoms with Crippen molar-refractivity contribution < 1.29 is 0 Å². The Labute approximate surface area is 103 Å². The molecule has 17 heavy (non-hydrogen) atoms. The average molecular weight is 223 g/mol. The SMILES string of the molecule is Cc1ccc(N2CCc3ccccc32)cc1C. The molecule has 0 bridgehead atoms. The van der Waals surface area contributed by atoms with Crippen molar-refractivity contribution in [1.82, 2.24) is 0 Å².